The van der Waals surface area contributed by atoms with Gasteiger partial charge in [0.2, 0.25) is 0 Å². The smallest absolute Gasteiger partial charge is 0.0972 e. The molecule has 0 radical (unpaired) electrons. The molecule has 0 bridgehead atoms. The number of anilines is 3. The van der Waals surface area contributed by atoms with Crippen molar-refractivity contribution in [1.29, 1.82) is 0 Å². The van der Waals surface area contributed by atoms with Crippen molar-refractivity contribution in [1.82, 2.24) is 19.9 Å². The lowest BCUT2D eigenvalue weighted by Crippen LogP contribution is -2.10. The Balaban J connectivity index is 1.03. The van der Waals surface area contributed by atoms with E-state index < -0.39 is 0 Å². The molecular formula is C50H33N5. The molecule has 5 nitrogen and oxygen atoms in total. The third-order valence-electron chi connectivity index (χ3n) is 10.1. The van der Waals surface area contributed by atoms with Gasteiger partial charge >= 0.3 is 0 Å². The van der Waals surface area contributed by atoms with E-state index in [2.05, 4.69) is 150 Å². The highest BCUT2D eigenvalue weighted by Crippen LogP contribution is 2.38. The molecule has 0 spiro atoms. The van der Waals surface area contributed by atoms with Crippen LogP contribution in [0.2, 0.25) is 0 Å². The summed E-state index contributed by atoms with van der Waals surface area (Å²) in [5.74, 6) is 0. The molecule has 0 amide bonds. The van der Waals surface area contributed by atoms with Gasteiger partial charge in [-0.3, -0.25) is 4.98 Å². The molecular weight excluding hydrogens is 671 g/mol. The third kappa shape index (κ3) is 6.24. The summed E-state index contributed by atoms with van der Waals surface area (Å²) in [5, 5.41) is 3.32. The van der Waals surface area contributed by atoms with Crippen LogP contribution >= 0.6 is 0 Å². The van der Waals surface area contributed by atoms with Gasteiger partial charge in [-0.15, -0.1) is 0 Å². The maximum atomic E-state index is 5.16. The van der Waals surface area contributed by atoms with E-state index in [1.807, 2.05) is 54.7 Å². The summed E-state index contributed by atoms with van der Waals surface area (Å²) in [6.45, 7) is 0. The summed E-state index contributed by atoms with van der Waals surface area (Å²) < 4.78 is 0. The maximum absolute atomic E-state index is 5.16. The zero-order valence-corrected chi connectivity index (χ0v) is 29.8. The third-order valence-corrected chi connectivity index (χ3v) is 10.1. The van der Waals surface area contributed by atoms with Crippen molar-refractivity contribution in [2.75, 3.05) is 4.90 Å². The molecule has 0 unspecified atom stereocenters. The number of benzene rings is 6. The topological polar surface area (TPSA) is 54.8 Å². The molecule has 4 heterocycles. The number of pyridine rings is 4. The molecule has 0 aliphatic heterocycles. The number of nitrogens with zero attached hydrogens (tertiary/aromatic N) is 5. The van der Waals surface area contributed by atoms with Gasteiger partial charge in [0.15, 0.2) is 0 Å². The highest BCUT2D eigenvalue weighted by Gasteiger charge is 2.16. The first-order valence-corrected chi connectivity index (χ1v) is 18.4. The second-order valence-electron chi connectivity index (χ2n) is 13.6. The van der Waals surface area contributed by atoms with E-state index in [-0.39, 0.29) is 0 Å². The van der Waals surface area contributed by atoms with Crippen molar-refractivity contribution in [3.63, 3.8) is 0 Å². The van der Waals surface area contributed by atoms with Crippen LogP contribution in [-0.4, -0.2) is 19.9 Å². The van der Waals surface area contributed by atoms with Crippen molar-refractivity contribution in [3.05, 3.63) is 200 Å². The van der Waals surface area contributed by atoms with Crippen LogP contribution in [0, 0.1) is 0 Å². The molecule has 4 aromatic heterocycles. The lowest BCUT2D eigenvalue weighted by molar-refractivity contribution is 1.27. The monoisotopic (exact) mass is 703 g/mol. The molecule has 10 aromatic rings. The first-order chi connectivity index (χ1) is 27.2. The first-order valence-electron chi connectivity index (χ1n) is 18.4. The number of para-hydroxylation sites is 2. The summed E-state index contributed by atoms with van der Waals surface area (Å²) in [4.78, 5) is 22.0. The van der Waals surface area contributed by atoms with Crippen molar-refractivity contribution >= 4 is 49.8 Å². The Morgan fingerprint density at radius 3 is 1.35 bits per heavy atom. The van der Waals surface area contributed by atoms with Crippen LogP contribution in [0.25, 0.3) is 77.7 Å². The number of hydrogen-bond acceptors (Lipinski definition) is 5. The largest absolute Gasteiger partial charge is 0.311 e. The van der Waals surface area contributed by atoms with Crippen LogP contribution in [0.15, 0.2) is 200 Å². The van der Waals surface area contributed by atoms with Crippen molar-refractivity contribution in [3.8, 4) is 45.0 Å². The number of hydrogen-bond donors (Lipinski definition) is 0. The predicted molar refractivity (Wildman–Crippen MR) is 227 cm³/mol. The van der Waals surface area contributed by atoms with E-state index in [1.54, 1.807) is 0 Å². The van der Waals surface area contributed by atoms with Crippen LogP contribution < -0.4 is 4.90 Å². The molecule has 0 saturated heterocycles. The van der Waals surface area contributed by atoms with Crippen LogP contribution in [0.1, 0.15) is 0 Å². The highest BCUT2D eigenvalue weighted by atomic mass is 15.1. The zero-order chi connectivity index (χ0) is 36.6. The highest BCUT2D eigenvalue weighted by molar-refractivity contribution is 5.94. The summed E-state index contributed by atoms with van der Waals surface area (Å²) in [7, 11) is 0. The van der Waals surface area contributed by atoms with E-state index in [0.29, 0.717) is 0 Å². The Bertz CT molecular complexity index is 2840. The Hall–Kier alpha value is -7.50. The predicted octanol–water partition coefficient (Wildman–Crippen LogP) is 12.9. The summed E-state index contributed by atoms with van der Waals surface area (Å²) in [6, 6.07) is 67.3. The summed E-state index contributed by atoms with van der Waals surface area (Å²) in [5.41, 5.74) is 13.8. The average molecular weight is 704 g/mol. The van der Waals surface area contributed by atoms with Crippen LogP contribution in [0.5, 0.6) is 0 Å². The fraction of sp³-hybridized carbons (Fsp3) is 0. The summed E-state index contributed by atoms with van der Waals surface area (Å²) >= 11 is 0. The Morgan fingerprint density at radius 2 is 0.800 bits per heavy atom. The minimum atomic E-state index is 0.876. The number of fused-ring (bicyclic) bond motifs is 3. The normalized spacial score (nSPS) is 11.3. The van der Waals surface area contributed by atoms with Gasteiger partial charge in [0.25, 0.3) is 0 Å². The molecule has 55 heavy (non-hydrogen) atoms. The van der Waals surface area contributed by atoms with Crippen LogP contribution in [-0.2, 0) is 0 Å². The van der Waals surface area contributed by atoms with E-state index in [1.165, 1.54) is 0 Å². The molecule has 0 fully saturated rings. The van der Waals surface area contributed by atoms with Gasteiger partial charge < -0.3 is 4.90 Å². The quantitative estimate of drug-likeness (QED) is 0.165. The Kier molecular flexibility index (Phi) is 8.08. The second-order valence-corrected chi connectivity index (χ2v) is 13.6. The van der Waals surface area contributed by atoms with E-state index in [0.717, 1.165) is 94.8 Å². The van der Waals surface area contributed by atoms with Crippen molar-refractivity contribution in [2.24, 2.45) is 0 Å². The molecule has 0 saturated carbocycles. The lowest BCUT2D eigenvalue weighted by atomic mass is 10.0. The molecule has 6 aromatic carbocycles. The molecule has 10 rings (SSSR count). The Morgan fingerprint density at radius 1 is 0.327 bits per heavy atom. The van der Waals surface area contributed by atoms with Crippen molar-refractivity contribution < 1.29 is 0 Å². The van der Waals surface area contributed by atoms with E-state index in [9.17, 15) is 0 Å². The molecule has 5 heteroatoms. The van der Waals surface area contributed by atoms with Gasteiger partial charge in [-0.25, -0.2) is 15.0 Å². The zero-order valence-electron chi connectivity index (χ0n) is 29.8. The molecule has 0 aliphatic rings. The standard InChI is InChI=1S/C50H33N5/c1-2-11-39(12-3-1)50-49-40(13-8-32-51-49)33-48(54-50)38-20-28-43(29-21-38)55(41-24-16-36(17-25-41)46-30-22-34-9-4-6-14-44(34)52-46)42-26-18-37(19-27-42)47-31-23-35-10-5-7-15-45(35)53-47/h1-33H. The van der Waals surface area contributed by atoms with Crippen LogP contribution in [0.4, 0.5) is 17.1 Å². The number of rotatable bonds is 7. The van der Waals surface area contributed by atoms with Gasteiger partial charge in [-0.05, 0) is 72.8 Å². The molecule has 0 aliphatic carbocycles. The molecule has 258 valence electrons. The first kappa shape index (κ1) is 32.2. The fourth-order valence-corrected chi connectivity index (χ4v) is 7.27. The minimum absolute atomic E-state index is 0.876. The van der Waals surface area contributed by atoms with Crippen LogP contribution in [0.3, 0.4) is 0 Å². The fourth-order valence-electron chi connectivity index (χ4n) is 7.27. The van der Waals surface area contributed by atoms with E-state index in [4.69, 9.17) is 19.9 Å². The maximum Gasteiger partial charge on any atom is 0.0972 e. The SMILES string of the molecule is c1ccc(-c2nc(-c3ccc(N(c4ccc(-c5ccc6ccccc6n5)cc4)c4ccc(-c5ccc6ccccc6n5)cc4)cc3)cc3cccnc23)cc1. The van der Waals surface area contributed by atoms with Gasteiger partial charge in [0.05, 0.1) is 39.3 Å². The minimum Gasteiger partial charge on any atom is -0.311 e. The molecule has 0 atom stereocenters. The van der Waals surface area contributed by atoms with Gasteiger partial charge in [0, 0.05) is 61.7 Å². The number of aromatic nitrogens is 4. The second kappa shape index (κ2) is 13.8. The van der Waals surface area contributed by atoms with Gasteiger partial charge in [0.1, 0.15) is 0 Å². The summed E-state index contributed by atoms with van der Waals surface area (Å²) in [6.07, 6.45) is 1.83. The average Bonchev–Trinajstić information content (AvgIpc) is 3.27. The lowest BCUT2D eigenvalue weighted by Gasteiger charge is -2.26. The van der Waals surface area contributed by atoms with Gasteiger partial charge in [-0.1, -0.05) is 121 Å². The van der Waals surface area contributed by atoms with Crippen molar-refractivity contribution in [2.45, 2.75) is 0 Å². The Labute approximate surface area is 318 Å². The van der Waals surface area contributed by atoms with E-state index >= 15 is 0 Å². The van der Waals surface area contributed by atoms with Gasteiger partial charge in [-0.2, -0.15) is 0 Å². The molecule has 0 N–H and O–H groups in total.